The average molecular weight is 545 g/mol. The lowest BCUT2D eigenvalue weighted by Gasteiger charge is -2.15. The van der Waals surface area contributed by atoms with Crippen LogP contribution in [0.3, 0.4) is 0 Å². The van der Waals surface area contributed by atoms with Crippen LogP contribution in [0.4, 0.5) is 0 Å². The van der Waals surface area contributed by atoms with Gasteiger partial charge in [0.25, 0.3) is 0 Å². The van der Waals surface area contributed by atoms with Crippen LogP contribution >= 0.6 is 23.2 Å². The van der Waals surface area contributed by atoms with Crippen molar-refractivity contribution in [2.24, 2.45) is 5.92 Å². The third-order valence-electron chi connectivity index (χ3n) is 5.83. The monoisotopic (exact) mass is 544 g/mol. The molecule has 0 spiro atoms. The molecule has 192 valence electrons. The highest BCUT2D eigenvalue weighted by Gasteiger charge is 2.25. The summed E-state index contributed by atoms with van der Waals surface area (Å²) in [6.07, 6.45) is 2.12. The van der Waals surface area contributed by atoms with Crippen LogP contribution in [0, 0.1) is 19.8 Å². The summed E-state index contributed by atoms with van der Waals surface area (Å²) in [5.41, 5.74) is 1.94. The molecule has 1 aromatic carbocycles. The number of nitrogens with zero attached hydrogens (tertiary/aromatic N) is 1. The summed E-state index contributed by atoms with van der Waals surface area (Å²) in [6.45, 7) is 8.54. The van der Waals surface area contributed by atoms with Gasteiger partial charge in [0, 0.05) is 36.6 Å². The van der Waals surface area contributed by atoms with Crippen molar-refractivity contribution in [3.05, 3.63) is 50.8 Å². The molecule has 1 aromatic heterocycles. The first-order valence-corrected chi connectivity index (χ1v) is 13.6. The van der Waals surface area contributed by atoms with E-state index in [0.29, 0.717) is 12.1 Å². The number of hydrogen-bond donors (Lipinski definition) is 1. The number of rotatable bonds is 10. The van der Waals surface area contributed by atoms with Gasteiger partial charge in [0.2, 0.25) is 15.8 Å². The predicted octanol–water partition coefficient (Wildman–Crippen LogP) is 4.56. The SMILES string of the molecule is Cc1cc(C(=O)COC(=O)c2cc(S(=O)(=O)NCC(C)C)c(Cl)cc2Cl)c(C)n1C[C@@H]1CCCO1. The number of carbonyl (C=O) groups is 2. The molecule has 1 aliphatic rings. The smallest absolute Gasteiger partial charge is 0.340 e. The van der Waals surface area contributed by atoms with Crippen LogP contribution in [0.15, 0.2) is 23.1 Å². The molecule has 0 unspecified atom stereocenters. The van der Waals surface area contributed by atoms with E-state index in [1.807, 2.05) is 32.3 Å². The van der Waals surface area contributed by atoms with Crippen molar-refractivity contribution in [1.82, 2.24) is 9.29 Å². The molecular formula is C24H30Cl2N2O6S. The van der Waals surface area contributed by atoms with Crippen molar-refractivity contribution in [3.63, 3.8) is 0 Å². The number of ether oxygens (including phenoxy) is 2. The minimum atomic E-state index is -3.98. The second-order valence-electron chi connectivity index (χ2n) is 9.04. The Morgan fingerprint density at radius 3 is 2.51 bits per heavy atom. The van der Waals surface area contributed by atoms with Gasteiger partial charge in [-0.05, 0) is 50.8 Å². The first-order chi connectivity index (χ1) is 16.4. The maximum Gasteiger partial charge on any atom is 0.340 e. The molecular weight excluding hydrogens is 515 g/mol. The van der Waals surface area contributed by atoms with Crippen molar-refractivity contribution < 1.29 is 27.5 Å². The minimum Gasteiger partial charge on any atom is -0.454 e. The molecule has 1 fully saturated rings. The van der Waals surface area contributed by atoms with Gasteiger partial charge in [-0.15, -0.1) is 0 Å². The van der Waals surface area contributed by atoms with E-state index in [0.717, 1.165) is 36.9 Å². The first-order valence-electron chi connectivity index (χ1n) is 11.4. The van der Waals surface area contributed by atoms with E-state index >= 15 is 0 Å². The highest BCUT2D eigenvalue weighted by atomic mass is 35.5. The molecule has 1 aliphatic heterocycles. The van der Waals surface area contributed by atoms with Gasteiger partial charge in [-0.1, -0.05) is 37.0 Å². The number of benzene rings is 1. The summed E-state index contributed by atoms with van der Waals surface area (Å²) >= 11 is 12.2. The molecule has 8 nitrogen and oxygen atoms in total. The molecule has 35 heavy (non-hydrogen) atoms. The highest BCUT2D eigenvalue weighted by Crippen LogP contribution is 2.29. The van der Waals surface area contributed by atoms with Crippen LogP contribution in [0.2, 0.25) is 10.0 Å². The van der Waals surface area contributed by atoms with E-state index in [1.165, 1.54) is 6.07 Å². The zero-order valence-corrected chi connectivity index (χ0v) is 22.5. The zero-order chi connectivity index (χ0) is 25.9. The molecule has 2 heterocycles. The number of aryl methyl sites for hydroxylation is 1. The Morgan fingerprint density at radius 1 is 1.17 bits per heavy atom. The second kappa shape index (κ2) is 11.4. The van der Waals surface area contributed by atoms with Gasteiger partial charge in [0.05, 0.1) is 21.7 Å². The van der Waals surface area contributed by atoms with Crippen molar-refractivity contribution in [1.29, 1.82) is 0 Å². The molecule has 1 saturated heterocycles. The van der Waals surface area contributed by atoms with Crippen molar-refractivity contribution in [3.8, 4) is 0 Å². The van der Waals surface area contributed by atoms with Crippen LogP contribution < -0.4 is 4.72 Å². The molecule has 0 aliphatic carbocycles. The van der Waals surface area contributed by atoms with Crippen LogP contribution in [0.5, 0.6) is 0 Å². The fourth-order valence-corrected chi connectivity index (χ4v) is 5.95. The van der Waals surface area contributed by atoms with E-state index in [1.54, 1.807) is 6.07 Å². The molecule has 1 N–H and O–H groups in total. The Labute approximate surface area is 215 Å². The van der Waals surface area contributed by atoms with E-state index in [4.69, 9.17) is 32.7 Å². The Hall–Kier alpha value is -1.91. The summed E-state index contributed by atoms with van der Waals surface area (Å²) in [5, 5.41) is -0.206. The van der Waals surface area contributed by atoms with E-state index in [-0.39, 0.29) is 44.9 Å². The van der Waals surface area contributed by atoms with Gasteiger partial charge in [0.1, 0.15) is 4.90 Å². The Morgan fingerprint density at radius 2 is 1.89 bits per heavy atom. The summed E-state index contributed by atoms with van der Waals surface area (Å²) in [7, 11) is -3.98. The van der Waals surface area contributed by atoms with Gasteiger partial charge in [-0.3, -0.25) is 4.79 Å². The lowest BCUT2D eigenvalue weighted by molar-refractivity contribution is 0.0474. The van der Waals surface area contributed by atoms with E-state index < -0.39 is 22.6 Å². The summed E-state index contributed by atoms with van der Waals surface area (Å²) in [6, 6.07) is 4.00. The van der Waals surface area contributed by atoms with E-state index in [2.05, 4.69) is 4.72 Å². The molecule has 0 radical (unpaired) electrons. The quantitative estimate of drug-likeness (QED) is 0.347. The molecule has 0 saturated carbocycles. The van der Waals surface area contributed by atoms with Crippen molar-refractivity contribution in [2.45, 2.75) is 58.1 Å². The van der Waals surface area contributed by atoms with Crippen molar-refractivity contribution in [2.75, 3.05) is 19.8 Å². The van der Waals surface area contributed by atoms with Gasteiger partial charge in [0.15, 0.2) is 6.61 Å². The maximum absolute atomic E-state index is 12.8. The number of esters is 1. The molecule has 3 rings (SSSR count). The van der Waals surface area contributed by atoms with Gasteiger partial charge in [-0.25, -0.2) is 17.9 Å². The molecule has 11 heteroatoms. The number of halogens is 2. The summed E-state index contributed by atoms with van der Waals surface area (Å²) in [5.74, 6) is -1.23. The number of ketones is 1. The van der Waals surface area contributed by atoms with Crippen LogP contribution in [-0.2, 0) is 26.0 Å². The average Bonchev–Trinajstić information content (AvgIpc) is 3.39. The third-order valence-corrected chi connectivity index (χ3v) is 8.03. The first kappa shape index (κ1) is 27.7. The predicted molar refractivity (Wildman–Crippen MR) is 134 cm³/mol. The van der Waals surface area contributed by atoms with Crippen molar-refractivity contribution >= 4 is 45.0 Å². The highest BCUT2D eigenvalue weighted by molar-refractivity contribution is 7.89. The van der Waals surface area contributed by atoms with Gasteiger partial charge >= 0.3 is 5.97 Å². The summed E-state index contributed by atoms with van der Waals surface area (Å²) in [4.78, 5) is 25.3. The lowest BCUT2D eigenvalue weighted by atomic mass is 10.1. The van der Waals surface area contributed by atoms with Gasteiger partial charge in [-0.2, -0.15) is 0 Å². The molecule has 0 amide bonds. The second-order valence-corrected chi connectivity index (χ2v) is 11.6. The summed E-state index contributed by atoms with van der Waals surface area (Å²) < 4.78 is 40.6. The normalized spacial score (nSPS) is 16.1. The van der Waals surface area contributed by atoms with E-state index in [9.17, 15) is 18.0 Å². The van der Waals surface area contributed by atoms with Crippen LogP contribution in [-0.4, -0.2) is 50.6 Å². The lowest BCUT2D eigenvalue weighted by Crippen LogP contribution is -2.28. The number of carbonyl (C=O) groups excluding carboxylic acids is 2. The fraction of sp³-hybridized carbons (Fsp3) is 0.500. The number of aromatic nitrogens is 1. The Balaban J connectivity index is 1.73. The topological polar surface area (TPSA) is 104 Å². The molecule has 1 atom stereocenters. The maximum atomic E-state index is 12.8. The fourth-order valence-electron chi connectivity index (χ4n) is 3.89. The standard InChI is InChI=1S/C24H30Cl2N2O6S/c1-14(2)11-27-35(31,32)23-9-19(20(25)10-21(23)26)24(30)34-13-22(29)18-8-15(3)28(16(18)4)12-17-6-5-7-33-17/h8-10,14,17,27H,5-7,11-13H2,1-4H3/t17-/m0/s1. The Kier molecular flexibility index (Phi) is 9.04. The Bertz CT molecular complexity index is 1220. The number of sulfonamides is 1. The zero-order valence-electron chi connectivity index (χ0n) is 20.2. The number of Topliss-reactive ketones (excluding diaryl/α,β-unsaturated/α-hetero) is 1. The number of nitrogens with one attached hydrogen (secondary N) is 1. The third kappa shape index (κ3) is 6.65. The molecule has 0 bridgehead atoms. The minimum absolute atomic E-state index is 0.0685. The molecule has 2 aromatic rings. The van der Waals surface area contributed by atoms with Crippen LogP contribution in [0.25, 0.3) is 0 Å². The van der Waals surface area contributed by atoms with Crippen LogP contribution in [0.1, 0.15) is 58.8 Å². The number of hydrogen-bond acceptors (Lipinski definition) is 6. The van der Waals surface area contributed by atoms with Gasteiger partial charge < -0.3 is 14.0 Å². The largest absolute Gasteiger partial charge is 0.454 e.